The SMILES string of the molecule is CCN(CC)C(=O)c1ccc(NC(=O)CN2C(=O)N[C@@](C)(c3ccc(Br)cc3)C2=O)cc1. The standard InChI is InChI=1S/C23H25BrN4O4/c1-4-27(5-2)20(30)15-6-12-18(13-7-15)25-19(29)14-28-21(31)23(3,26-22(28)32)16-8-10-17(24)11-9-16/h6-13H,4-5,14H2,1-3H3,(H,25,29)(H,26,32)/t23-/m0/s1. The first kappa shape index (κ1) is 23.5. The third kappa shape index (κ3) is 4.67. The molecule has 1 fully saturated rings. The Kier molecular flexibility index (Phi) is 6.98. The van der Waals surface area contributed by atoms with Crippen molar-refractivity contribution in [3.63, 3.8) is 0 Å². The molecule has 1 atom stereocenters. The molecule has 0 bridgehead atoms. The number of amides is 5. The van der Waals surface area contributed by atoms with E-state index in [2.05, 4.69) is 26.6 Å². The summed E-state index contributed by atoms with van der Waals surface area (Å²) in [6.07, 6.45) is 0. The Labute approximate surface area is 195 Å². The highest BCUT2D eigenvalue weighted by molar-refractivity contribution is 9.10. The number of hydrogen-bond acceptors (Lipinski definition) is 4. The van der Waals surface area contributed by atoms with Gasteiger partial charge in [0.05, 0.1) is 0 Å². The van der Waals surface area contributed by atoms with Crippen LogP contribution >= 0.6 is 15.9 Å². The lowest BCUT2D eigenvalue weighted by Crippen LogP contribution is -2.42. The van der Waals surface area contributed by atoms with E-state index in [1.54, 1.807) is 60.4 Å². The van der Waals surface area contributed by atoms with Gasteiger partial charge in [0, 0.05) is 28.8 Å². The summed E-state index contributed by atoms with van der Waals surface area (Å²) in [5, 5.41) is 5.34. The molecule has 1 saturated heterocycles. The Morgan fingerprint density at radius 1 is 1.03 bits per heavy atom. The second kappa shape index (κ2) is 9.52. The monoisotopic (exact) mass is 500 g/mol. The van der Waals surface area contributed by atoms with Crippen molar-refractivity contribution in [2.24, 2.45) is 0 Å². The number of anilines is 1. The molecule has 0 saturated carbocycles. The summed E-state index contributed by atoms with van der Waals surface area (Å²) in [7, 11) is 0. The zero-order valence-corrected chi connectivity index (χ0v) is 19.7. The average Bonchev–Trinajstić information content (AvgIpc) is 2.99. The molecule has 1 heterocycles. The van der Waals surface area contributed by atoms with Gasteiger partial charge < -0.3 is 15.5 Å². The first-order chi connectivity index (χ1) is 15.2. The number of nitrogens with one attached hydrogen (secondary N) is 2. The second-order valence-corrected chi connectivity index (χ2v) is 8.47. The lowest BCUT2D eigenvalue weighted by atomic mass is 9.92. The minimum Gasteiger partial charge on any atom is -0.339 e. The van der Waals surface area contributed by atoms with E-state index in [1.165, 1.54) is 0 Å². The summed E-state index contributed by atoms with van der Waals surface area (Å²) in [6, 6.07) is 12.9. The molecule has 0 unspecified atom stereocenters. The smallest absolute Gasteiger partial charge is 0.325 e. The molecule has 3 rings (SSSR count). The van der Waals surface area contributed by atoms with Gasteiger partial charge >= 0.3 is 6.03 Å². The number of halogens is 1. The molecule has 0 spiro atoms. The number of rotatable bonds is 7. The molecule has 1 aliphatic rings. The summed E-state index contributed by atoms with van der Waals surface area (Å²) in [6.45, 7) is 6.23. The van der Waals surface area contributed by atoms with Gasteiger partial charge in [-0.2, -0.15) is 0 Å². The fourth-order valence-corrected chi connectivity index (χ4v) is 3.82. The van der Waals surface area contributed by atoms with Crippen LogP contribution < -0.4 is 10.6 Å². The molecule has 5 amide bonds. The van der Waals surface area contributed by atoms with Crippen molar-refractivity contribution in [2.75, 3.05) is 25.0 Å². The van der Waals surface area contributed by atoms with Crippen LogP contribution in [0.1, 0.15) is 36.7 Å². The second-order valence-electron chi connectivity index (χ2n) is 7.56. The van der Waals surface area contributed by atoms with E-state index in [1.807, 2.05) is 13.8 Å². The lowest BCUT2D eigenvalue weighted by molar-refractivity contribution is -0.133. The van der Waals surface area contributed by atoms with Crippen molar-refractivity contribution < 1.29 is 19.2 Å². The topological polar surface area (TPSA) is 98.8 Å². The normalized spacial score (nSPS) is 17.8. The molecule has 32 heavy (non-hydrogen) atoms. The number of imide groups is 1. The molecule has 9 heteroatoms. The Balaban J connectivity index is 1.66. The van der Waals surface area contributed by atoms with Crippen LogP contribution in [-0.2, 0) is 15.1 Å². The van der Waals surface area contributed by atoms with Gasteiger partial charge in [0.15, 0.2) is 0 Å². The van der Waals surface area contributed by atoms with Gasteiger partial charge in [-0.15, -0.1) is 0 Å². The van der Waals surface area contributed by atoms with Gasteiger partial charge in [-0.1, -0.05) is 28.1 Å². The molecule has 8 nitrogen and oxygen atoms in total. The summed E-state index contributed by atoms with van der Waals surface area (Å²) in [5.41, 5.74) is 0.361. The van der Waals surface area contributed by atoms with Crippen LogP contribution in [-0.4, -0.2) is 53.2 Å². The van der Waals surface area contributed by atoms with Crippen LogP contribution in [0, 0.1) is 0 Å². The quantitative estimate of drug-likeness (QED) is 0.569. The Bertz CT molecular complexity index is 1030. The predicted molar refractivity (Wildman–Crippen MR) is 124 cm³/mol. The van der Waals surface area contributed by atoms with E-state index in [0.29, 0.717) is 29.9 Å². The predicted octanol–water partition coefficient (Wildman–Crippen LogP) is 3.34. The maximum Gasteiger partial charge on any atom is 0.325 e. The Morgan fingerprint density at radius 3 is 2.19 bits per heavy atom. The van der Waals surface area contributed by atoms with Gasteiger partial charge in [0.25, 0.3) is 11.8 Å². The molecule has 0 radical (unpaired) electrons. The average molecular weight is 501 g/mol. The van der Waals surface area contributed by atoms with E-state index >= 15 is 0 Å². The third-order valence-electron chi connectivity index (χ3n) is 5.46. The van der Waals surface area contributed by atoms with Crippen molar-refractivity contribution in [3.8, 4) is 0 Å². The summed E-state index contributed by atoms with van der Waals surface area (Å²) < 4.78 is 0.850. The zero-order chi connectivity index (χ0) is 23.5. The number of benzene rings is 2. The molecule has 2 aromatic carbocycles. The van der Waals surface area contributed by atoms with Crippen molar-refractivity contribution in [3.05, 3.63) is 64.1 Å². The zero-order valence-electron chi connectivity index (χ0n) is 18.1. The lowest BCUT2D eigenvalue weighted by Gasteiger charge is -2.22. The fraction of sp³-hybridized carbons (Fsp3) is 0.304. The molecule has 0 aliphatic carbocycles. The maximum atomic E-state index is 13.0. The number of urea groups is 1. The van der Waals surface area contributed by atoms with E-state index in [-0.39, 0.29) is 5.91 Å². The van der Waals surface area contributed by atoms with Crippen LogP contribution in [0.2, 0.25) is 0 Å². The molecule has 2 N–H and O–H groups in total. The number of carbonyl (C=O) groups is 4. The van der Waals surface area contributed by atoms with Gasteiger partial charge in [-0.25, -0.2) is 4.79 Å². The largest absolute Gasteiger partial charge is 0.339 e. The summed E-state index contributed by atoms with van der Waals surface area (Å²) in [5.74, 6) is -1.10. The molecule has 168 valence electrons. The van der Waals surface area contributed by atoms with E-state index in [9.17, 15) is 19.2 Å². The first-order valence-corrected chi connectivity index (χ1v) is 11.1. The third-order valence-corrected chi connectivity index (χ3v) is 5.99. The number of hydrogen-bond donors (Lipinski definition) is 2. The first-order valence-electron chi connectivity index (χ1n) is 10.3. The van der Waals surface area contributed by atoms with E-state index < -0.39 is 29.9 Å². The maximum absolute atomic E-state index is 13.0. The van der Waals surface area contributed by atoms with Crippen LogP contribution in [0.25, 0.3) is 0 Å². The molecule has 1 aliphatic heterocycles. The molecule has 2 aromatic rings. The number of nitrogens with zero attached hydrogens (tertiary/aromatic N) is 2. The minimum atomic E-state index is -1.25. The Hall–Kier alpha value is -3.20. The highest BCUT2D eigenvalue weighted by Crippen LogP contribution is 2.29. The van der Waals surface area contributed by atoms with E-state index in [4.69, 9.17) is 0 Å². The van der Waals surface area contributed by atoms with Crippen LogP contribution in [0.3, 0.4) is 0 Å². The van der Waals surface area contributed by atoms with Gasteiger partial charge in [0.1, 0.15) is 12.1 Å². The van der Waals surface area contributed by atoms with Crippen molar-refractivity contribution in [1.82, 2.24) is 15.1 Å². The van der Waals surface area contributed by atoms with Crippen LogP contribution in [0.15, 0.2) is 53.0 Å². The minimum absolute atomic E-state index is 0.0839. The van der Waals surface area contributed by atoms with E-state index in [0.717, 1.165) is 9.37 Å². The van der Waals surface area contributed by atoms with Gasteiger partial charge in [0.2, 0.25) is 5.91 Å². The molecule has 0 aromatic heterocycles. The molecular weight excluding hydrogens is 476 g/mol. The van der Waals surface area contributed by atoms with Gasteiger partial charge in [-0.05, 0) is 62.7 Å². The van der Waals surface area contributed by atoms with Crippen LogP contribution in [0.5, 0.6) is 0 Å². The van der Waals surface area contributed by atoms with Crippen molar-refractivity contribution >= 4 is 45.4 Å². The van der Waals surface area contributed by atoms with Crippen LogP contribution in [0.4, 0.5) is 10.5 Å². The summed E-state index contributed by atoms with van der Waals surface area (Å²) in [4.78, 5) is 52.9. The molecular formula is C23H25BrN4O4. The fourth-order valence-electron chi connectivity index (χ4n) is 3.55. The van der Waals surface area contributed by atoms with Crippen molar-refractivity contribution in [2.45, 2.75) is 26.3 Å². The highest BCUT2D eigenvalue weighted by atomic mass is 79.9. The number of carbonyl (C=O) groups excluding carboxylic acids is 4. The summed E-state index contributed by atoms with van der Waals surface area (Å²) >= 11 is 3.34. The van der Waals surface area contributed by atoms with Crippen molar-refractivity contribution in [1.29, 1.82) is 0 Å². The van der Waals surface area contributed by atoms with Gasteiger partial charge in [-0.3, -0.25) is 19.3 Å². The highest BCUT2D eigenvalue weighted by Gasteiger charge is 2.49. The Morgan fingerprint density at radius 2 is 1.62 bits per heavy atom.